The Kier molecular flexibility index (Phi) is 4.05. The van der Waals surface area contributed by atoms with Gasteiger partial charge in [0.15, 0.2) is 12.0 Å². The third-order valence-electron chi connectivity index (χ3n) is 2.28. The molecule has 0 spiro atoms. The van der Waals surface area contributed by atoms with E-state index in [1.165, 1.54) is 0 Å². The zero-order valence-corrected chi connectivity index (χ0v) is 13.1. The summed E-state index contributed by atoms with van der Waals surface area (Å²) < 4.78 is 6.89. The van der Waals surface area contributed by atoms with Crippen LogP contribution >= 0.6 is 45.2 Å². The summed E-state index contributed by atoms with van der Waals surface area (Å²) in [4.78, 5) is 21.5. The maximum Gasteiger partial charge on any atom is 0.335 e. The first-order valence-electron chi connectivity index (χ1n) is 4.80. The van der Waals surface area contributed by atoms with Crippen LogP contribution in [-0.4, -0.2) is 17.4 Å². The molecule has 18 heavy (non-hydrogen) atoms. The molecule has 1 aromatic heterocycles. The topological polar surface area (TPSA) is 67.5 Å². The lowest BCUT2D eigenvalue weighted by Crippen LogP contribution is -1.99. The van der Waals surface area contributed by atoms with Crippen LogP contribution in [-0.2, 0) is 0 Å². The highest BCUT2D eigenvalue weighted by atomic mass is 127. The van der Waals surface area contributed by atoms with Gasteiger partial charge in [0, 0.05) is 12.7 Å². The zero-order chi connectivity index (χ0) is 13.3. The molecule has 0 atom stereocenters. The maximum atomic E-state index is 10.9. The number of carbonyl (C=O) groups is 2. The fraction of sp³-hybridized carbons (Fsp3) is 0. The number of halogens is 2. The van der Waals surface area contributed by atoms with Crippen molar-refractivity contribution in [2.45, 2.75) is 0 Å². The highest BCUT2D eigenvalue weighted by Crippen LogP contribution is 2.32. The standard InChI is InChI=1S/C12H6I2O4/c13-8-3-6(12(16)17)4-9(14)11(8)10-2-1-7(5-15)18-10/h1-5H,(H,16,17). The summed E-state index contributed by atoms with van der Waals surface area (Å²) in [5.41, 5.74) is 1.03. The fourth-order valence-electron chi connectivity index (χ4n) is 1.48. The van der Waals surface area contributed by atoms with Crippen LogP contribution in [0.5, 0.6) is 0 Å². The minimum atomic E-state index is -0.967. The van der Waals surface area contributed by atoms with Gasteiger partial charge in [-0.2, -0.15) is 0 Å². The van der Waals surface area contributed by atoms with Crippen molar-refractivity contribution in [2.24, 2.45) is 0 Å². The van der Waals surface area contributed by atoms with E-state index in [1.54, 1.807) is 24.3 Å². The second kappa shape index (κ2) is 5.39. The number of hydrogen-bond acceptors (Lipinski definition) is 3. The van der Waals surface area contributed by atoms with Crippen molar-refractivity contribution in [3.05, 3.63) is 42.7 Å². The van der Waals surface area contributed by atoms with E-state index < -0.39 is 5.97 Å². The van der Waals surface area contributed by atoms with Crippen molar-refractivity contribution in [2.75, 3.05) is 0 Å². The van der Waals surface area contributed by atoms with Gasteiger partial charge < -0.3 is 9.52 Å². The molecule has 2 aromatic rings. The first kappa shape index (κ1) is 13.5. The molecule has 0 saturated carbocycles. The molecule has 1 heterocycles. The Bertz CT molecular complexity index is 608. The molecule has 0 bridgehead atoms. The van der Waals surface area contributed by atoms with Gasteiger partial charge in [0.2, 0.25) is 0 Å². The molecule has 0 amide bonds. The first-order valence-corrected chi connectivity index (χ1v) is 6.96. The summed E-state index contributed by atoms with van der Waals surface area (Å²) in [7, 11) is 0. The Morgan fingerprint density at radius 1 is 1.22 bits per heavy atom. The second-order valence-electron chi connectivity index (χ2n) is 3.44. The van der Waals surface area contributed by atoms with Crippen LogP contribution in [0, 0.1) is 7.14 Å². The Morgan fingerprint density at radius 2 is 1.83 bits per heavy atom. The van der Waals surface area contributed by atoms with Crippen LogP contribution in [0.4, 0.5) is 0 Å². The lowest BCUT2D eigenvalue weighted by molar-refractivity contribution is 0.0696. The van der Waals surface area contributed by atoms with Crippen LogP contribution in [0.1, 0.15) is 20.9 Å². The van der Waals surface area contributed by atoms with Crippen molar-refractivity contribution < 1.29 is 19.1 Å². The van der Waals surface area contributed by atoms with Gasteiger partial charge in [-0.1, -0.05) is 0 Å². The van der Waals surface area contributed by atoms with Crippen molar-refractivity contribution in [1.29, 1.82) is 0 Å². The number of hydrogen-bond donors (Lipinski definition) is 1. The van der Waals surface area contributed by atoms with Crippen LogP contribution in [0.3, 0.4) is 0 Å². The third kappa shape index (κ3) is 2.58. The molecule has 6 heteroatoms. The number of aldehydes is 1. The molecule has 0 radical (unpaired) electrons. The minimum Gasteiger partial charge on any atom is -0.478 e. The monoisotopic (exact) mass is 468 g/mol. The largest absolute Gasteiger partial charge is 0.478 e. The Hall–Kier alpha value is -0.900. The molecule has 2 rings (SSSR count). The molecule has 4 nitrogen and oxygen atoms in total. The number of carboxylic acids is 1. The van der Waals surface area contributed by atoms with Gasteiger partial charge in [-0.25, -0.2) is 4.79 Å². The predicted octanol–water partition coefficient (Wildman–Crippen LogP) is 3.67. The van der Waals surface area contributed by atoms with E-state index in [0.29, 0.717) is 12.0 Å². The van der Waals surface area contributed by atoms with E-state index in [-0.39, 0.29) is 11.3 Å². The highest BCUT2D eigenvalue weighted by molar-refractivity contribution is 14.1. The predicted molar refractivity (Wildman–Crippen MR) is 81.9 cm³/mol. The van der Waals surface area contributed by atoms with Gasteiger partial charge in [0.05, 0.1) is 5.56 Å². The van der Waals surface area contributed by atoms with E-state index in [2.05, 4.69) is 45.2 Å². The summed E-state index contributed by atoms with van der Waals surface area (Å²) >= 11 is 4.11. The van der Waals surface area contributed by atoms with Gasteiger partial charge in [-0.15, -0.1) is 0 Å². The summed E-state index contributed by atoms with van der Waals surface area (Å²) in [6.07, 6.45) is 0.634. The fourth-order valence-corrected chi connectivity index (χ4v) is 3.78. The smallest absolute Gasteiger partial charge is 0.335 e. The molecule has 0 unspecified atom stereocenters. The number of furan rings is 1. The molecule has 1 N–H and O–H groups in total. The SMILES string of the molecule is O=Cc1ccc(-c2c(I)cc(C(=O)O)cc2I)o1. The molecule has 0 saturated heterocycles. The number of rotatable bonds is 3. The number of carbonyl (C=O) groups excluding carboxylic acids is 1. The third-order valence-corrected chi connectivity index (χ3v) is 3.98. The molecular formula is C12H6I2O4. The molecule has 0 fully saturated rings. The maximum absolute atomic E-state index is 10.9. The van der Waals surface area contributed by atoms with E-state index in [9.17, 15) is 9.59 Å². The van der Waals surface area contributed by atoms with E-state index in [1.807, 2.05) is 0 Å². The van der Waals surface area contributed by atoms with Gasteiger partial charge >= 0.3 is 5.97 Å². The minimum absolute atomic E-state index is 0.231. The quantitative estimate of drug-likeness (QED) is 0.552. The van der Waals surface area contributed by atoms with Gasteiger partial charge in [-0.05, 0) is 69.4 Å². The van der Waals surface area contributed by atoms with E-state index in [0.717, 1.165) is 12.7 Å². The van der Waals surface area contributed by atoms with E-state index in [4.69, 9.17) is 9.52 Å². The number of aromatic carboxylic acids is 1. The molecule has 0 aliphatic heterocycles. The average Bonchev–Trinajstić information content (AvgIpc) is 2.76. The van der Waals surface area contributed by atoms with Gasteiger partial charge in [0.1, 0.15) is 5.76 Å². The van der Waals surface area contributed by atoms with Gasteiger partial charge in [-0.3, -0.25) is 4.79 Å². The Labute approximate surface area is 130 Å². The van der Waals surface area contributed by atoms with E-state index >= 15 is 0 Å². The summed E-state index contributed by atoms with van der Waals surface area (Å²) in [6, 6.07) is 6.43. The second-order valence-corrected chi connectivity index (χ2v) is 5.76. The van der Waals surface area contributed by atoms with Crippen molar-refractivity contribution >= 4 is 57.4 Å². The highest BCUT2D eigenvalue weighted by Gasteiger charge is 2.15. The summed E-state index contributed by atoms with van der Waals surface area (Å²) in [5.74, 6) is -0.160. The zero-order valence-electron chi connectivity index (χ0n) is 8.81. The lowest BCUT2D eigenvalue weighted by Gasteiger charge is -2.06. The van der Waals surface area contributed by atoms with Crippen molar-refractivity contribution in [3.63, 3.8) is 0 Å². The van der Waals surface area contributed by atoms with Crippen LogP contribution < -0.4 is 0 Å². The van der Waals surface area contributed by atoms with Crippen molar-refractivity contribution in [1.82, 2.24) is 0 Å². The number of benzene rings is 1. The Morgan fingerprint density at radius 3 is 2.28 bits per heavy atom. The molecule has 1 aromatic carbocycles. The molecule has 0 aliphatic rings. The normalized spacial score (nSPS) is 10.3. The molecule has 92 valence electrons. The van der Waals surface area contributed by atoms with Crippen LogP contribution in [0.2, 0.25) is 0 Å². The first-order chi connectivity index (χ1) is 8.52. The molecule has 0 aliphatic carbocycles. The van der Waals surface area contributed by atoms with Crippen LogP contribution in [0.25, 0.3) is 11.3 Å². The Balaban J connectivity index is 2.57. The van der Waals surface area contributed by atoms with Crippen molar-refractivity contribution in [3.8, 4) is 11.3 Å². The van der Waals surface area contributed by atoms with Crippen LogP contribution in [0.15, 0.2) is 28.7 Å². The summed E-state index contributed by atoms with van der Waals surface area (Å²) in [6.45, 7) is 0. The van der Waals surface area contributed by atoms with Gasteiger partial charge in [0.25, 0.3) is 0 Å². The molecular weight excluding hydrogens is 462 g/mol. The summed E-state index contributed by atoms with van der Waals surface area (Å²) in [5, 5.41) is 8.96. The lowest BCUT2D eigenvalue weighted by atomic mass is 10.1. The average molecular weight is 468 g/mol. The number of carboxylic acid groups (broad SMARTS) is 1.